The van der Waals surface area contributed by atoms with Gasteiger partial charge in [-0.2, -0.15) is 13.2 Å². The van der Waals surface area contributed by atoms with Crippen LogP contribution < -0.4 is 18.9 Å². The van der Waals surface area contributed by atoms with Crippen LogP contribution in [0.4, 0.5) is 18.9 Å². The second kappa shape index (κ2) is 11.8. The Balaban J connectivity index is 2.16. The first kappa shape index (κ1) is 28.9. The fourth-order valence-electron chi connectivity index (χ4n) is 3.11. The van der Waals surface area contributed by atoms with Crippen LogP contribution in [0.3, 0.4) is 0 Å². The van der Waals surface area contributed by atoms with E-state index in [-0.39, 0.29) is 40.1 Å². The number of ether oxygens (including phenoxy) is 4. The summed E-state index contributed by atoms with van der Waals surface area (Å²) in [5.74, 6) is -0.941. The summed E-state index contributed by atoms with van der Waals surface area (Å²) in [6.07, 6.45) is -4.67. The van der Waals surface area contributed by atoms with Crippen LogP contribution in [-0.2, 0) is 20.9 Å². The molecule has 0 saturated heterocycles. The largest absolute Gasteiger partial charge is 0.497 e. The van der Waals surface area contributed by atoms with Crippen LogP contribution in [0.25, 0.3) is 0 Å². The first-order valence-corrected chi connectivity index (χ1v) is 12.5. The molecule has 0 atom stereocenters. The molecule has 0 amide bonds. The van der Waals surface area contributed by atoms with E-state index >= 15 is 0 Å². The van der Waals surface area contributed by atoms with Crippen LogP contribution in [0.2, 0.25) is 5.02 Å². The van der Waals surface area contributed by atoms with E-state index in [0.29, 0.717) is 17.9 Å². The molecule has 9 nitrogen and oxygen atoms in total. The molecule has 0 heterocycles. The van der Waals surface area contributed by atoms with Gasteiger partial charge in [0.15, 0.2) is 11.5 Å². The zero-order chi connectivity index (χ0) is 28.1. The van der Waals surface area contributed by atoms with E-state index in [0.717, 1.165) is 25.3 Å². The van der Waals surface area contributed by atoms with Crippen molar-refractivity contribution in [3.63, 3.8) is 0 Å². The predicted octanol–water partition coefficient (Wildman–Crippen LogP) is 5.12. The maximum atomic E-state index is 13.1. The van der Waals surface area contributed by atoms with Gasteiger partial charge >= 0.3 is 12.1 Å². The highest BCUT2D eigenvalue weighted by Crippen LogP contribution is 2.44. The van der Waals surface area contributed by atoms with Crippen LogP contribution >= 0.6 is 11.6 Å². The number of anilines is 1. The Morgan fingerprint density at radius 1 is 1.03 bits per heavy atom. The highest BCUT2D eigenvalue weighted by Gasteiger charge is 2.31. The van der Waals surface area contributed by atoms with Gasteiger partial charge in [0.2, 0.25) is 0 Å². The molecule has 3 aromatic rings. The Bertz CT molecular complexity index is 1410. The Kier molecular flexibility index (Phi) is 8.97. The van der Waals surface area contributed by atoms with Crippen LogP contribution in [0.15, 0.2) is 59.5 Å². The van der Waals surface area contributed by atoms with E-state index in [1.165, 1.54) is 25.3 Å². The van der Waals surface area contributed by atoms with Crippen molar-refractivity contribution in [3.8, 4) is 23.0 Å². The average molecular weight is 576 g/mol. The number of aliphatic hydroxyl groups excluding tert-OH is 1. The van der Waals surface area contributed by atoms with Crippen molar-refractivity contribution < 1.29 is 50.4 Å². The highest BCUT2D eigenvalue weighted by atomic mass is 35.5. The van der Waals surface area contributed by atoms with Gasteiger partial charge in [0.05, 0.1) is 47.6 Å². The van der Waals surface area contributed by atoms with Crippen molar-refractivity contribution in [2.24, 2.45) is 0 Å². The van der Waals surface area contributed by atoms with Crippen molar-refractivity contribution in [3.05, 3.63) is 70.7 Å². The Morgan fingerprint density at radius 3 is 2.29 bits per heavy atom. The maximum Gasteiger partial charge on any atom is 0.416 e. The monoisotopic (exact) mass is 575 g/mol. The van der Waals surface area contributed by atoms with Gasteiger partial charge in [0.25, 0.3) is 10.0 Å². The molecule has 0 spiro atoms. The van der Waals surface area contributed by atoms with Crippen molar-refractivity contribution in [2.75, 3.05) is 32.2 Å². The summed E-state index contributed by atoms with van der Waals surface area (Å²) in [5, 5.41) is 9.35. The van der Waals surface area contributed by atoms with E-state index < -0.39 is 39.2 Å². The smallest absolute Gasteiger partial charge is 0.416 e. The summed E-state index contributed by atoms with van der Waals surface area (Å²) < 4.78 is 88.5. The minimum atomic E-state index is -4.67. The Hall–Kier alpha value is -3.68. The molecule has 204 valence electrons. The molecule has 0 aliphatic carbocycles. The minimum absolute atomic E-state index is 0.0145. The molecule has 14 heteroatoms. The fourth-order valence-corrected chi connectivity index (χ4v) is 4.32. The van der Waals surface area contributed by atoms with E-state index in [9.17, 15) is 31.5 Å². The van der Waals surface area contributed by atoms with E-state index in [4.69, 9.17) is 30.5 Å². The van der Waals surface area contributed by atoms with Gasteiger partial charge in [-0.15, -0.1) is 0 Å². The lowest BCUT2D eigenvalue weighted by molar-refractivity contribution is -0.137. The standard InChI is InChI=1S/C24H21ClF3NO8S/c1-34-16-5-8-18(25)20(13-16)37-22-19(11-14(23(31)35-2)12-21(22)36-10-9-30)29-38(32,33)17-6-3-15(4-7-17)24(26,27)28/h3-8,11-13,29-30H,9-10H2,1-2H3. The molecule has 0 bridgehead atoms. The zero-order valence-corrected chi connectivity index (χ0v) is 21.4. The number of sulfonamides is 1. The second-order valence-electron chi connectivity index (χ2n) is 7.44. The number of methoxy groups -OCH3 is 2. The van der Waals surface area contributed by atoms with E-state index in [1.807, 2.05) is 0 Å². The van der Waals surface area contributed by atoms with Gasteiger partial charge in [-0.05, 0) is 48.5 Å². The van der Waals surface area contributed by atoms with Crippen molar-refractivity contribution in [1.29, 1.82) is 0 Å². The number of aliphatic hydroxyl groups is 1. The first-order valence-electron chi connectivity index (χ1n) is 10.6. The Morgan fingerprint density at radius 2 is 1.71 bits per heavy atom. The lowest BCUT2D eigenvalue weighted by Crippen LogP contribution is -2.16. The maximum absolute atomic E-state index is 13.1. The molecular weight excluding hydrogens is 555 g/mol. The molecule has 0 fully saturated rings. The number of carbonyl (C=O) groups is 1. The lowest BCUT2D eigenvalue weighted by Gasteiger charge is -2.19. The molecule has 38 heavy (non-hydrogen) atoms. The Labute approximate surface area is 220 Å². The number of esters is 1. The molecule has 0 aromatic heterocycles. The van der Waals surface area contributed by atoms with Crippen LogP contribution in [0.1, 0.15) is 15.9 Å². The summed E-state index contributed by atoms with van der Waals surface area (Å²) in [7, 11) is -2.01. The predicted molar refractivity (Wildman–Crippen MR) is 131 cm³/mol. The molecule has 0 aliphatic heterocycles. The molecule has 0 aliphatic rings. The molecule has 3 aromatic carbocycles. The van der Waals surface area contributed by atoms with E-state index in [2.05, 4.69) is 4.72 Å². The van der Waals surface area contributed by atoms with Crippen molar-refractivity contribution >= 4 is 33.3 Å². The minimum Gasteiger partial charge on any atom is -0.497 e. The van der Waals surface area contributed by atoms with Crippen LogP contribution in [-0.4, -0.2) is 46.9 Å². The lowest BCUT2D eigenvalue weighted by atomic mass is 10.1. The van der Waals surface area contributed by atoms with Gasteiger partial charge < -0.3 is 24.1 Å². The van der Waals surface area contributed by atoms with Crippen molar-refractivity contribution in [2.45, 2.75) is 11.1 Å². The van der Waals surface area contributed by atoms with Gasteiger partial charge in [-0.3, -0.25) is 4.72 Å². The molecule has 2 N–H and O–H groups in total. The third kappa shape index (κ3) is 6.79. The topological polar surface area (TPSA) is 120 Å². The SMILES string of the molecule is COC(=O)c1cc(NS(=O)(=O)c2ccc(C(F)(F)F)cc2)c(Oc2cc(OC)ccc2Cl)c(OCCO)c1. The quantitative estimate of drug-likeness (QED) is 0.320. The summed E-state index contributed by atoms with van der Waals surface area (Å²) in [5.41, 5.74) is -1.53. The summed E-state index contributed by atoms with van der Waals surface area (Å²) in [4.78, 5) is 11.8. The number of benzene rings is 3. The number of hydrogen-bond donors (Lipinski definition) is 2. The second-order valence-corrected chi connectivity index (χ2v) is 9.53. The van der Waals surface area contributed by atoms with Gasteiger partial charge in [0, 0.05) is 6.07 Å². The van der Waals surface area contributed by atoms with Gasteiger partial charge in [0.1, 0.15) is 18.1 Å². The first-order chi connectivity index (χ1) is 17.9. The van der Waals surface area contributed by atoms with Gasteiger partial charge in [-0.25, -0.2) is 13.2 Å². The third-order valence-corrected chi connectivity index (χ3v) is 6.61. The van der Waals surface area contributed by atoms with E-state index in [1.54, 1.807) is 6.07 Å². The third-order valence-electron chi connectivity index (χ3n) is 4.91. The number of carbonyl (C=O) groups excluding carboxylic acids is 1. The molecule has 0 unspecified atom stereocenters. The fraction of sp³-hybridized carbons (Fsp3) is 0.208. The zero-order valence-electron chi connectivity index (χ0n) is 19.8. The summed E-state index contributed by atoms with van der Waals surface area (Å²) in [6.45, 7) is -0.702. The molecule has 0 radical (unpaired) electrons. The highest BCUT2D eigenvalue weighted by molar-refractivity contribution is 7.92. The summed E-state index contributed by atoms with van der Waals surface area (Å²) in [6, 6.07) is 9.47. The number of hydrogen-bond acceptors (Lipinski definition) is 8. The number of alkyl halides is 3. The van der Waals surface area contributed by atoms with Crippen LogP contribution in [0.5, 0.6) is 23.0 Å². The number of rotatable bonds is 10. The average Bonchev–Trinajstić information content (AvgIpc) is 2.88. The molecule has 0 saturated carbocycles. The molecular formula is C24H21ClF3NO8S. The van der Waals surface area contributed by atoms with Gasteiger partial charge in [-0.1, -0.05) is 11.6 Å². The normalized spacial score (nSPS) is 11.6. The van der Waals surface area contributed by atoms with Crippen LogP contribution in [0, 0.1) is 0 Å². The summed E-state index contributed by atoms with van der Waals surface area (Å²) >= 11 is 6.23. The molecule has 3 rings (SSSR count). The van der Waals surface area contributed by atoms with Crippen molar-refractivity contribution in [1.82, 2.24) is 0 Å². The number of halogens is 4. The number of nitrogens with one attached hydrogen (secondary N) is 1.